The fourth-order valence-corrected chi connectivity index (χ4v) is 5.39. The molecule has 2 fully saturated rings. The number of rotatable bonds is 9. The maximum Gasteiger partial charge on any atom is 0.338 e. The minimum absolute atomic E-state index is 0.0193. The number of aromatic nitrogens is 4. The average molecular weight is 557 g/mol. The predicted molar refractivity (Wildman–Crippen MR) is 147 cm³/mol. The molecule has 2 saturated heterocycles. The molecule has 5 heterocycles. The number of carbonyl (C=O) groups is 1. The highest BCUT2D eigenvalue weighted by molar-refractivity contribution is 5.93. The number of anilines is 1. The Hall–Kier alpha value is -4.56. The van der Waals surface area contributed by atoms with Crippen molar-refractivity contribution in [2.45, 2.75) is 44.9 Å². The Balaban J connectivity index is 1.12. The largest absolute Gasteiger partial charge is 0.478 e. The lowest BCUT2D eigenvalue weighted by Gasteiger charge is -2.33. The van der Waals surface area contributed by atoms with E-state index in [1.807, 2.05) is 22.8 Å². The molecule has 0 saturated carbocycles. The first kappa shape index (κ1) is 26.7. The highest BCUT2D eigenvalue weighted by Gasteiger charge is 2.28. The lowest BCUT2D eigenvalue weighted by Crippen LogP contribution is -2.35. The number of pyridine rings is 2. The van der Waals surface area contributed by atoms with Crippen LogP contribution in [-0.4, -0.2) is 56.4 Å². The first-order valence-electron chi connectivity index (χ1n) is 13.7. The summed E-state index contributed by atoms with van der Waals surface area (Å²) >= 11 is 0. The lowest BCUT2D eigenvalue weighted by molar-refractivity contribution is -0.0591. The van der Waals surface area contributed by atoms with Gasteiger partial charge in [-0.3, -0.25) is 4.98 Å². The second kappa shape index (κ2) is 11.5. The van der Waals surface area contributed by atoms with Crippen LogP contribution in [0.25, 0.3) is 11.0 Å². The third kappa shape index (κ3) is 5.69. The molecular weight excluding hydrogens is 527 g/mol. The molecule has 2 aliphatic rings. The highest BCUT2D eigenvalue weighted by atomic mass is 19.1. The summed E-state index contributed by atoms with van der Waals surface area (Å²) in [5, 5.41) is 18.4. The summed E-state index contributed by atoms with van der Waals surface area (Å²) in [6.07, 6.45) is 4.88. The van der Waals surface area contributed by atoms with E-state index in [1.54, 1.807) is 18.2 Å². The van der Waals surface area contributed by atoms with E-state index in [0.29, 0.717) is 48.1 Å². The van der Waals surface area contributed by atoms with Gasteiger partial charge < -0.3 is 24.0 Å². The number of fused-ring (bicyclic) bond motifs is 1. The molecule has 6 rings (SSSR count). The highest BCUT2D eigenvalue weighted by Crippen LogP contribution is 2.30. The summed E-state index contributed by atoms with van der Waals surface area (Å²) in [6.45, 7) is 3.01. The maximum absolute atomic E-state index is 15.3. The summed E-state index contributed by atoms with van der Waals surface area (Å²) in [4.78, 5) is 27.4. The third-order valence-electron chi connectivity index (χ3n) is 7.78. The van der Waals surface area contributed by atoms with Gasteiger partial charge in [-0.15, -0.1) is 0 Å². The number of carboxylic acids is 1. The number of hydrogen-bond acceptors (Lipinski definition) is 8. The molecule has 0 unspecified atom stereocenters. The van der Waals surface area contributed by atoms with Gasteiger partial charge in [-0.25, -0.2) is 14.2 Å². The standard InChI is InChI=1S/C30H29FN6O4/c31-28-23(30(38)39)6-7-24-29(28)37(17-22-10-13-40-22)26(34-24)14-19-8-11-36(12-9-19)25-2-1-3-27(35-25)41-18-21-5-4-20(15-32)16-33-21/h1-7,16,19,22H,8-14,17-18H2,(H,38,39)/t22-/m0/s1. The Bertz CT molecular complexity index is 1600. The Morgan fingerprint density at radius 3 is 2.66 bits per heavy atom. The molecule has 4 aromatic rings. The first-order valence-corrected chi connectivity index (χ1v) is 13.7. The van der Waals surface area contributed by atoms with Crippen LogP contribution in [-0.2, 0) is 24.3 Å². The minimum Gasteiger partial charge on any atom is -0.478 e. The van der Waals surface area contributed by atoms with Gasteiger partial charge >= 0.3 is 5.97 Å². The fourth-order valence-electron chi connectivity index (χ4n) is 5.39. The molecule has 0 spiro atoms. The normalized spacial score (nSPS) is 17.3. The van der Waals surface area contributed by atoms with Crippen LogP contribution in [0.1, 0.15) is 46.7 Å². The van der Waals surface area contributed by atoms with Gasteiger partial charge in [-0.1, -0.05) is 6.07 Å². The van der Waals surface area contributed by atoms with Crippen molar-refractivity contribution >= 4 is 22.8 Å². The molecule has 0 amide bonds. The molecule has 2 aliphatic heterocycles. The number of carboxylic acid groups (broad SMARTS) is 1. The van der Waals surface area contributed by atoms with E-state index < -0.39 is 11.8 Å². The van der Waals surface area contributed by atoms with Crippen LogP contribution in [0.15, 0.2) is 48.7 Å². The molecule has 0 radical (unpaired) electrons. The van der Waals surface area contributed by atoms with Gasteiger partial charge in [0.25, 0.3) is 0 Å². The van der Waals surface area contributed by atoms with Crippen molar-refractivity contribution in [2.75, 3.05) is 24.6 Å². The van der Waals surface area contributed by atoms with Gasteiger partial charge in [-0.05, 0) is 55.5 Å². The number of ether oxygens (including phenoxy) is 2. The van der Waals surface area contributed by atoms with Crippen molar-refractivity contribution in [3.63, 3.8) is 0 Å². The van der Waals surface area contributed by atoms with Gasteiger partial charge in [0.15, 0.2) is 5.82 Å². The topological polar surface area (TPSA) is 126 Å². The van der Waals surface area contributed by atoms with Crippen LogP contribution >= 0.6 is 0 Å². The van der Waals surface area contributed by atoms with Gasteiger partial charge in [-0.2, -0.15) is 10.2 Å². The Kier molecular flexibility index (Phi) is 7.48. The van der Waals surface area contributed by atoms with E-state index in [1.165, 1.54) is 12.3 Å². The zero-order valence-corrected chi connectivity index (χ0v) is 22.4. The van der Waals surface area contributed by atoms with E-state index in [4.69, 9.17) is 19.7 Å². The van der Waals surface area contributed by atoms with E-state index in [-0.39, 0.29) is 23.8 Å². The molecule has 1 aromatic carbocycles. The van der Waals surface area contributed by atoms with E-state index >= 15 is 4.39 Å². The van der Waals surface area contributed by atoms with Gasteiger partial charge in [0, 0.05) is 38.4 Å². The Morgan fingerprint density at radius 1 is 1.15 bits per heavy atom. The predicted octanol–water partition coefficient (Wildman–Crippen LogP) is 4.36. The smallest absolute Gasteiger partial charge is 0.338 e. The summed E-state index contributed by atoms with van der Waals surface area (Å²) < 4.78 is 28.6. The van der Waals surface area contributed by atoms with Crippen molar-refractivity contribution in [1.29, 1.82) is 5.26 Å². The molecular formula is C30H29FN6O4. The van der Waals surface area contributed by atoms with Crippen LogP contribution in [0, 0.1) is 23.1 Å². The van der Waals surface area contributed by atoms with Crippen LogP contribution < -0.4 is 9.64 Å². The van der Waals surface area contributed by atoms with Crippen LogP contribution in [0.2, 0.25) is 0 Å². The van der Waals surface area contributed by atoms with Crippen molar-refractivity contribution in [3.05, 3.63) is 77.1 Å². The molecule has 1 atom stereocenters. The number of nitrogens with zero attached hydrogens (tertiary/aromatic N) is 6. The second-order valence-electron chi connectivity index (χ2n) is 10.4. The molecule has 0 aliphatic carbocycles. The molecule has 0 bridgehead atoms. The van der Waals surface area contributed by atoms with Crippen molar-refractivity contribution in [2.24, 2.45) is 5.92 Å². The van der Waals surface area contributed by atoms with E-state index in [9.17, 15) is 9.90 Å². The zero-order chi connectivity index (χ0) is 28.3. The summed E-state index contributed by atoms with van der Waals surface area (Å²) in [6, 6.07) is 14.1. The van der Waals surface area contributed by atoms with Gasteiger partial charge in [0.2, 0.25) is 5.88 Å². The summed E-state index contributed by atoms with van der Waals surface area (Å²) in [5.41, 5.74) is 1.58. The summed E-state index contributed by atoms with van der Waals surface area (Å²) in [5.74, 6) is 0.413. The second-order valence-corrected chi connectivity index (χ2v) is 10.4. The number of aromatic carboxylic acids is 1. The number of hydrogen-bond donors (Lipinski definition) is 1. The lowest BCUT2D eigenvalue weighted by atomic mass is 9.93. The average Bonchev–Trinajstić information content (AvgIpc) is 3.32. The van der Waals surface area contributed by atoms with Crippen LogP contribution in [0.5, 0.6) is 5.88 Å². The van der Waals surface area contributed by atoms with Crippen molar-refractivity contribution in [1.82, 2.24) is 19.5 Å². The Labute approximate surface area is 236 Å². The van der Waals surface area contributed by atoms with Gasteiger partial charge in [0.05, 0.1) is 35.0 Å². The molecule has 3 aromatic heterocycles. The Morgan fingerprint density at radius 2 is 1.98 bits per heavy atom. The summed E-state index contributed by atoms with van der Waals surface area (Å²) in [7, 11) is 0. The van der Waals surface area contributed by atoms with Crippen molar-refractivity contribution in [3.8, 4) is 11.9 Å². The molecule has 11 heteroatoms. The molecule has 41 heavy (non-hydrogen) atoms. The SMILES string of the molecule is N#Cc1ccc(COc2cccc(N3CCC(Cc4nc5ccc(C(=O)O)c(F)c5n4C[C@@H]4CCO4)CC3)n2)nc1. The number of nitriles is 1. The minimum atomic E-state index is -1.29. The first-order chi connectivity index (χ1) is 20.0. The van der Waals surface area contributed by atoms with Crippen molar-refractivity contribution < 1.29 is 23.8 Å². The van der Waals surface area contributed by atoms with Gasteiger partial charge in [0.1, 0.15) is 29.8 Å². The van der Waals surface area contributed by atoms with E-state index in [2.05, 4.69) is 20.9 Å². The number of benzene rings is 1. The number of imidazole rings is 1. The van der Waals surface area contributed by atoms with E-state index in [0.717, 1.165) is 44.0 Å². The fraction of sp³-hybridized carbons (Fsp3) is 0.367. The zero-order valence-electron chi connectivity index (χ0n) is 22.4. The van der Waals surface area contributed by atoms with Crippen LogP contribution in [0.4, 0.5) is 10.2 Å². The van der Waals surface area contributed by atoms with Crippen LogP contribution in [0.3, 0.4) is 0 Å². The molecule has 210 valence electrons. The maximum atomic E-state index is 15.3. The number of halogens is 1. The quantitative estimate of drug-likeness (QED) is 0.320. The molecule has 10 nitrogen and oxygen atoms in total. The number of piperidine rings is 1. The molecule has 1 N–H and O–H groups in total. The third-order valence-corrected chi connectivity index (χ3v) is 7.78. The monoisotopic (exact) mass is 556 g/mol.